The van der Waals surface area contributed by atoms with E-state index in [1.54, 1.807) is 6.07 Å². The van der Waals surface area contributed by atoms with Gasteiger partial charge in [0, 0.05) is 29.6 Å². The van der Waals surface area contributed by atoms with Gasteiger partial charge in [0.15, 0.2) is 0 Å². The molecule has 0 fully saturated rings. The van der Waals surface area contributed by atoms with E-state index in [1.165, 1.54) is 12.1 Å². The van der Waals surface area contributed by atoms with Crippen LogP contribution in [-0.2, 0) is 11.2 Å². The maximum atomic E-state index is 13.1. The van der Waals surface area contributed by atoms with E-state index in [-0.39, 0.29) is 17.8 Å². The fourth-order valence-corrected chi connectivity index (χ4v) is 1.91. The molecule has 4 heteroatoms. The summed E-state index contributed by atoms with van der Waals surface area (Å²) < 4.78 is 13.1. The Hall–Kier alpha value is -1.97. The van der Waals surface area contributed by atoms with E-state index in [0.717, 1.165) is 11.1 Å². The molecule has 2 rings (SSSR count). The lowest BCUT2D eigenvalue weighted by atomic mass is 10.1. The van der Waals surface area contributed by atoms with Crippen LogP contribution >= 0.6 is 0 Å². The summed E-state index contributed by atoms with van der Waals surface area (Å²) >= 11 is 0. The molecule has 0 aliphatic rings. The highest BCUT2D eigenvalue weighted by molar-refractivity contribution is 5.79. The quantitative estimate of drug-likeness (QED) is 0.918. The van der Waals surface area contributed by atoms with Crippen LogP contribution in [0, 0.1) is 5.82 Å². The predicted molar refractivity (Wildman–Crippen MR) is 73.3 cm³/mol. The number of nitrogens with zero attached hydrogens (tertiary/aromatic N) is 1. The van der Waals surface area contributed by atoms with Crippen molar-refractivity contribution in [3.63, 3.8) is 0 Å². The Morgan fingerprint density at radius 3 is 2.79 bits per heavy atom. The van der Waals surface area contributed by atoms with E-state index >= 15 is 0 Å². The summed E-state index contributed by atoms with van der Waals surface area (Å²) in [5.41, 5.74) is 1.43. The molecule has 0 atom stereocenters. The first-order valence-electron chi connectivity index (χ1n) is 6.39. The van der Waals surface area contributed by atoms with Crippen molar-refractivity contribution in [1.29, 1.82) is 0 Å². The summed E-state index contributed by atoms with van der Waals surface area (Å²) in [5, 5.41) is 3.73. The number of amides is 1. The fourth-order valence-electron chi connectivity index (χ4n) is 1.91. The Bertz CT molecular complexity index is 596. The van der Waals surface area contributed by atoms with Gasteiger partial charge in [0.2, 0.25) is 5.91 Å². The summed E-state index contributed by atoms with van der Waals surface area (Å²) in [7, 11) is 0. The van der Waals surface area contributed by atoms with Gasteiger partial charge in [0.05, 0.1) is 5.52 Å². The number of carbonyl (C=O) groups excluding carboxylic acids is 1. The van der Waals surface area contributed by atoms with Gasteiger partial charge in [-0.3, -0.25) is 9.78 Å². The summed E-state index contributed by atoms with van der Waals surface area (Å²) in [4.78, 5) is 15.9. The molecule has 1 heterocycles. The van der Waals surface area contributed by atoms with Crippen LogP contribution in [0.15, 0.2) is 30.3 Å². The zero-order valence-electron chi connectivity index (χ0n) is 11.1. The molecule has 0 saturated carbocycles. The number of rotatable bonds is 4. The van der Waals surface area contributed by atoms with Crippen molar-refractivity contribution in [3.05, 3.63) is 41.8 Å². The number of fused-ring (bicyclic) bond motifs is 1. The van der Waals surface area contributed by atoms with Gasteiger partial charge in [0.1, 0.15) is 5.82 Å². The lowest BCUT2D eigenvalue weighted by molar-refractivity contribution is -0.121. The third-order valence-corrected chi connectivity index (χ3v) is 2.77. The Kier molecular flexibility index (Phi) is 4.10. The van der Waals surface area contributed by atoms with Gasteiger partial charge in [0.25, 0.3) is 0 Å². The first kappa shape index (κ1) is 13.5. The molecule has 2 aromatic rings. The Balaban J connectivity index is 2.07. The molecule has 19 heavy (non-hydrogen) atoms. The molecular formula is C15H17FN2O. The van der Waals surface area contributed by atoms with Crippen LogP contribution in [0.5, 0.6) is 0 Å². The van der Waals surface area contributed by atoms with Gasteiger partial charge < -0.3 is 5.32 Å². The highest BCUT2D eigenvalue weighted by Gasteiger charge is 2.05. The van der Waals surface area contributed by atoms with E-state index in [9.17, 15) is 9.18 Å². The molecule has 0 unspecified atom stereocenters. The third-order valence-electron chi connectivity index (χ3n) is 2.77. The van der Waals surface area contributed by atoms with Gasteiger partial charge in [-0.05, 0) is 38.5 Å². The lowest BCUT2D eigenvalue weighted by Crippen LogP contribution is -2.30. The molecular weight excluding hydrogens is 243 g/mol. The van der Waals surface area contributed by atoms with Crippen molar-refractivity contribution >= 4 is 16.8 Å². The third kappa shape index (κ3) is 3.74. The van der Waals surface area contributed by atoms with Crippen molar-refractivity contribution in [1.82, 2.24) is 10.3 Å². The highest BCUT2D eigenvalue weighted by atomic mass is 19.1. The maximum Gasteiger partial charge on any atom is 0.220 e. The summed E-state index contributed by atoms with van der Waals surface area (Å²) in [6.07, 6.45) is 0.955. The van der Waals surface area contributed by atoms with Gasteiger partial charge in [-0.1, -0.05) is 6.07 Å². The standard InChI is InChI=1S/C15H17FN2O/c1-10(2)17-15(19)8-7-13-6-4-11-3-5-12(16)9-14(11)18-13/h3-6,9-10H,7-8H2,1-2H3,(H,17,19). The van der Waals surface area contributed by atoms with Gasteiger partial charge in [-0.15, -0.1) is 0 Å². The van der Waals surface area contributed by atoms with E-state index in [0.29, 0.717) is 18.4 Å². The van der Waals surface area contributed by atoms with Gasteiger partial charge in [-0.2, -0.15) is 0 Å². The smallest absolute Gasteiger partial charge is 0.220 e. The molecule has 3 nitrogen and oxygen atoms in total. The van der Waals surface area contributed by atoms with Crippen LogP contribution in [0.1, 0.15) is 26.0 Å². The van der Waals surface area contributed by atoms with Crippen LogP contribution in [-0.4, -0.2) is 16.9 Å². The summed E-state index contributed by atoms with van der Waals surface area (Å²) in [6.45, 7) is 3.85. The minimum Gasteiger partial charge on any atom is -0.354 e. The number of halogens is 1. The van der Waals surface area contributed by atoms with Crippen LogP contribution in [0.4, 0.5) is 4.39 Å². The SMILES string of the molecule is CC(C)NC(=O)CCc1ccc2ccc(F)cc2n1. The van der Waals surface area contributed by atoms with Gasteiger partial charge >= 0.3 is 0 Å². The molecule has 0 aliphatic heterocycles. The second-order valence-corrected chi connectivity index (χ2v) is 4.86. The van der Waals surface area contributed by atoms with E-state index in [2.05, 4.69) is 10.3 Å². The Labute approximate surface area is 111 Å². The topological polar surface area (TPSA) is 42.0 Å². The normalized spacial score (nSPS) is 10.9. The number of hydrogen-bond acceptors (Lipinski definition) is 2. The zero-order chi connectivity index (χ0) is 13.8. The molecule has 0 aliphatic carbocycles. The van der Waals surface area contributed by atoms with Crippen molar-refractivity contribution in [3.8, 4) is 0 Å². The van der Waals surface area contributed by atoms with Crippen molar-refractivity contribution in [2.75, 3.05) is 0 Å². The Morgan fingerprint density at radius 2 is 2.05 bits per heavy atom. The number of pyridine rings is 1. The van der Waals surface area contributed by atoms with E-state index < -0.39 is 0 Å². The monoisotopic (exact) mass is 260 g/mol. The number of aryl methyl sites for hydroxylation is 1. The molecule has 1 amide bonds. The number of nitrogens with one attached hydrogen (secondary N) is 1. The molecule has 0 saturated heterocycles. The highest BCUT2D eigenvalue weighted by Crippen LogP contribution is 2.14. The molecule has 1 N–H and O–H groups in total. The first-order chi connectivity index (χ1) is 9.04. The molecule has 1 aromatic heterocycles. The molecule has 0 radical (unpaired) electrons. The van der Waals surface area contributed by atoms with Gasteiger partial charge in [-0.25, -0.2) is 4.39 Å². The van der Waals surface area contributed by atoms with Crippen molar-refractivity contribution in [2.24, 2.45) is 0 Å². The zero-order valence-corrected chi connectivity index (χ0v) is 11.1. The number of hydrogen-bond donors (Lipinski definition) is 1. The Morgan fingerprint density at radius 1 is 1.32 bits per heavy atom. The first-order valence-corrected chi connectivity index (χ1v) is 6.39. The summed E-state index contributed by atoms with van der Waals surface area (Å²) in [5.74, 6) is -0.286. The second-order valence-electron chi connectivity index (χ2n) is 4.86. The fraction of sp³-hybridized carbons (Fsp3) is 0.333. The number of carbonyl (C=O) groups is 1. The predicted octanol–water partition coefficient (Wildman–Crippen LogP) is 2.83. The lowest BCUT2D eigenvalue weighted by Gasteiger charge is -2.08. The van der Waals surface area contributed by atoms with E-state index in [1.807, 2.05) is 26.0 Å². The minimum absolute atomic E-state index is 0.0103. The number of benzene rings is 1. The molecule has 0 bridgehead atoms. The van der Waals surface area contributed by atoms with E-state index in [4.69, 9.17) is 0 Å². The maximum absolute atomic E-state index is 13.1. The number of aromatic nitrogens is 1. The van der Waals surface area contributed by atoms with Crippen LogP contribution in [0.25, 0.3) is 10.9 Å². The largest absolute Gasteiger partial charge is 0.354 e. The average Bonchev–Trinajstić information content (AvgIpc) is 2.35. The van der Waals surface area contributed by atoms with Crippen LogP contribution in [0.2, 0.25) is 0 Å². The summed E-state index contributed by atoms with van der Waals surface area (Å²) in [6, 6.07) is 8.45. The van der Waals surface area contributed by atoms with Crippen LogP contribution < -0.4 is 5.32 Å². The van der Waals surface area contributed by atoms with Crippen molar-refractivity contribution < 1.29 is 9.18 Å². The molecule has 0 spiro atoms. The second kappa shape index (κ2) is 5.78. The molecule has 100 valence electrons. The average molecular weight is 260 g/mol. The van der Waals surface area contributed by atoms with Crippen molar-refractivity contribution in [2.45, 2.75) is 32.7 Å². The molecule has 1 aromatic carbocycles. The minimum atomic E-state index is -0.297. The van der Waals surface area contributed by atoms with Crippen LogP contribution in [0.3, 0.4) is 0 Å².